The summed E-state index contributed by atoms with van der Waals surface area (Å²) in [5.41, 5.74) is 0. The third-order valence-corrected chi connectivity index (χ3v) is 0. The van der Waals surface area contributed by atoms with E-state index in [9.17, 15) is 0 Å². The number of hydrogen-bond acceptors (Lipinski definition) is 0. The summed E-state index contributed by atoms with van der Waals surface area (Å²) in [7, 11) is 0. The predicted octanol–water partition coefficient (Wildman–Crippen LogP) is -0.391. The van der Waals surface area contributed by atoms with Crippen LogP contribution in [0.25, 0.3) is 0 Å². The van der Waals surface area contributed by atoms with Crippen LogP contribution in [0.3, 0.4) is 0 Å². The Morgan fingerprint density at radius 2 is 1.00 bits per heavy atom. The summed E-state index contributed by atoms with van der Waals surface area (Å²) >= 11 is 0. The van der Waals surface area contributed by atoms with Crippen molar-refractivity contribution in [1.82, 2.24) is 0 Å². The average molecular weight is 491 g/mol. The van der Waals surface area contributed by atoms with E-state index in [2.05, 4.69) is 0 Å². The van der Waals surface area contributed by atoms with Crippen molar-refractivity contribution in [3.05, 3.63) is 0 Å². The van der Waals surface area contributed by atoms with E-state index in [-0.39, 0.29) is 103 Å². The molecule has 0 fully saturated rings. The van der Waals surface area contributed by atoms with Gasteiger partial charge in [0.2, 0.25) is 0 Å². The summed E-state index contributed by atoms with van der Waals surface area (Å²) in [4.78, 5) is 0. The maximum atomic E-state index is 0. The molecule has 0 saturated carbocycles. The molecular formula is AgFeMnPbZn. The van der Waals surface area contributed by atoms with Crippen molar-refractivity contribution in [3.8, 4) is 0 Å². The van der Waals surface area contributed by atoms with E-state index in [0.717, 1.165) is 0 Å². The van der Waals surface area contributed by atoms with E-state index < -0.39 is 0 Å². The van der Waals surface area contributed by atoms with E-state index in [1.54, 1.807) is 0 Å². The monoisotopic (exact) mass is 490 g/mol. The van der Waals surface area contributed by atoms with Crippen molar-refractivity contribution in [2.24, 2.45) is 0 Å². The minimum Gasteiger partial charge on any atom is 0 e. The largest absolute Gasteiger partial charge is 0 e. The molecule has 0 rings (SSSR count). The SMILES string of the molecule is [Ag].[Fe].[Mn].[Pb].[Zn]. The summed E-state index contributed by atoms with van der Waals surface area (Å²) in [6.45, 7) is 0. The van der Waals surface area contributed by atoms with Gasteiger partial charge in [0.25, 0.3) is 0 Å². The predicted molar refractivity (Wildman–Crippen MR) is 5.75 cm³/mol. The standard InChI is InChI=1S/Ag.Fe.Mn.Pb.Zn. The van der Waals surface area contributed by atoms with Crippen LogP contribution in [0, 0.1) is 0 Å². The first kappa shape index (κ1) is 40.4. The van der Waals surface area contributed by atoms with Crippen molar-refractivity contribution in [3.63, 3.8) is 0 Å². The van der Waals surface area contributed by atoms with Gasteiger partial charge in [0, 0.05) is 103 Å². The van der Waals surface area contributed by atoms with Gasteiger partial charge in [0.15, 0.2) is 0 Å². The first-order valence-electron chi connectivity index (χ1n) is 0. The maximum Gasteiger partial charge on any atom is 0 e. The molecule has 6 radical (unpaired) electrons. The number of hydrogen-bond donors (Lipinski definition) is 0. The zero-order chi connectivity index (χ0) is 0. The molecular weight excluding hydrogens is 491 g/mol. The fourth-order valence-corrected chi connectivity index (χ4v) is 0. The minimum atomic E-state index is 0. The van der Waals surface area contributed by atoms with Gasteiger partial charge in [0.05, 0.1) is 0 Å². The van der Waals surface area contributed by atoms with Crippen LogP contribution >= 0.6 is 0 Å². The normalized spacial score (nSPS) is 0. The summed E-state index contributed by atoms with van der Waals surface area (Å²) in [6, 6.07) is 0. The molecule has 0 aromatic carbocycles. The van der Waals surface area contributed by atoms with Crippen LogP contribution in [-0.4, -0.2) is 27.3 Å². The molecule has 0 spiro atoms. The molecule has 0 aliphatic carbocycles. The summed E-state index contributed by atoms with van der Waals surface area (Å²) in [6.07, 6.45) is 0. The molecule has 0 aliphatic heterocycles. The second-order valence-corrected chi connectivity index (χ2v) is 0. The second kappa shape index (κ2) is 26.5. The summed E-state index contributed by atoms with van der Waals surface area (Å²) in [5.74, 6) is 0. The molecule has 0 heterocycles. The van der Waals surface area contributed by atoms with Gasteiger partial charge >= 0.3 is 0 Å². The Morgan fingerprint density at radius 1 is 1.00 bits per heavy atom. The molecule has 0 aromatic rings. The Bertz CT molecular complexity index is 11.6. The molecule has 0 aromatic heterocycles. The zero-order valence-corrected chi connectivity index (χ0v) is 12.9. The molecule has 0 bridgehead atoms. The van der Waals surface area contributed by atoms with E-state index in [4.69, 9.17) is 0 Å². The van der Waals surface area contributed by atoms with E-state index >= 15 is 0 Å². The fraction of sp³-hybridized carbons (Fsp3) is 0. The topological polar surface area (TPSA) is 0 Å². The van der Waals surface area contributed by atoms with Crippen molar-refractivity contribution >= 4 is 27.3 Å². The van der Waals surface area contributed by atoms with Crippen molar-refractivity contribution in [1.29, 1.82) is 0 Å². The van der Waals surface area contributed by atoms with Crippen LogP contribution in [-0.2, 0) is 76.0 Å². The van der Waals surface area contributed by atoms with Gasteiger partial charge in [-0.1, -0.05) is 0 Å². The van der Waals surface area contributed by atoms with Crippen LogP contribution in [0.15, 0.2) is 0 Å². The average Bonchev–Trinajstić information content (AvgIpc) is 0. The molecule has 0 unspecified atom stereocenters. The molecule has 0 nitrogen and oxygen atoms in total. The van der Waals surface area contributed by atoms with Crippen molar-refractivity contribution < 1.29 is 76.0 Å². The maximum absolute atomic E-state index is 0. The van der Waals surface area contributed by atoms with Gasteiger partial charge in [0.1, 0.15) is 0 Å². The zero-order valence-electron chi connectivity index (χ0n) is 2.24. The van der Waals surface area contributed by atoms with E-state index in [0.29, 0.717) is 0 Å². The van der Waals surface area contributed by atoms with Crippen LogP contribution in [0.2, 0.25) is 0 Å². The van der Waals surface area contributed by atoms with Gasteiger partial charge in [-0.15, -0.1) is 0 Å². The van der Waals surface area contributed by atoms with Crippen LogP contribution in [0.1, 0.15) is 0 Å². The molecule has 0 N–H and O–H groups in total. The van der Waals surface area contributed by atoms with E-state index in [1.807, 2.05) is 0 Å². The Balaban J connectivity index is 0. The van der Waals surface area contributed by atoms with Gasteiger partial charge in [-0.2, -0.15) is 0 Å². The second-order valence-electron chi connectivity index (χ2n) is 0. The molecule has 5 heavy (non-hydrogen) atoms. The Hall–Kier alpha value is 3.32. The first-order valence-corrected chi connectivity index (χ1v) is 0. The molecule has 0 aliphatic rings. The Labute approximate surface area is 101 Å². The van der Waals surface area contributed by atoms with Gasteiger partial charge in [-0.3, -0.25) is 0 Å². The molecule has 0 saturated heterocycles. The summed E-state index contributed by atoms with van der Waals surface area (Å²) in [5, 5.41) is 0. The molecule has 5 heteroatoms. The quantitative estimate of drug-likeness (QED) is 0.406. The Morgan fingerprint density at radius 3 is 1.00 bits per heavy atom. The smallest absolute Gasteiger partial charge is 0 e. The van der Waals surface area contributed by atoms with Crippen molar-refractivity contribution in [2.75, 3.05) is 0 Å². The van der Waals surface area contributed by atoms with Gasteiger partial charge in [-0.25, -0.2) is 0 Å². The number of rotatable bonds is 0. The minimum absolute atomic E-state index is 0. The fourth-order valence-electron chi connectivity index (χ4n) is 0. The molecule has 0 amide bonds. The van der Waals surface area contributed by atoms with E-state index in [1.165, 1.54) is 0 Å². The third-order valence-electron chi connectivity index (χ3n) is 0. The third kappa shape index (κ3) is 18.8. The Kier molecular flexibility index (Phi) is 214. The van der Waals surface area contributed by atoms with Crippen molar-refractivity contribution in [2.45, 2.75) is 0 Å². The van der Waals surface area contributed by atoms with Crippen LogP contribution in [0.5, 0.6) is 0 Å². The first-order chi connectivity index (χ1) is 0. The van der Waals surface area contributed by atoms with Crippen LogP contribution < -0.4 is 0 Å². The summed E-state index contributed by atoms with van der Waals surface area (Å²) < 4.78 is 0. The molecule has 0 atom stereocenters. The molecule has 32 valence electrons. The van der Waals surface area contributed by atoms with Crippen LogP contribution in [0.4, 0.5) is 0 Å². The van der Waals surface area contributed by atoms with Gasteiger partial charge in [-0.05, 0) is 0 Å². The van der Waals surface area contributed by atoms with Gasteiger partial charge < -0.3 is 0 Å².